The topological polar surface area (TPSA) is 24.9 Å². The first-order chi connectivity index (χ1) is 5.43. The first kappa shape index (κ1) is 7.95. The Morgan fingerprint density at radius 2 is 2.18 bits per heavy atom. The van der Waals surface area contributed by atoms with Gasteiger partial charge in [0, 0.05) is 25.5 Å². The molecule has 0 amide bonds. The SMILES string of the molecule is C=CCNCc1ccncc1. The van der Waals surface area contributed by atoms with Gasteiger partial charge in [0.1, 0.15) is 0 Å². The molecule has 1 aromatic rings. The maximum absolute atomic E-state index is 3.93. The second-order valence-electron chi connectivity index (χ2n) is 2.28. The van der Waals surface area contributed by atoms with Crippen LogP contribution in [0.3, 0.4) is 0 Å². The zero-order valence-corrected chi connectivity index (χ0v) is 6.46. The van der Waals surface area contributed by atoms with Crippen molar-refractivity contribution in [2.45, 2.75) is 6.54 Å². The summed E-state index contributed by atoms with van der Waals surface area (Å²) in [5, 5.41) is 3.21. The molecule has 0 unspecified atom stereocenters. The Bertz CT molecular complexity index is 206. The predicted octanol–water partition coefficient (Wildman–Crippen LogP) is 1.36. The summed E-state index contributed by atoms with van der Waals surface area (Å²) in [6.45, 7) is 5.35. The minimum Gasteiger partial charge on any atom is -0.309 e. The van der Waals surface area contributed by atoms with Crippen LogP contribution in [0.25, 0.3) is 0 Å². The molecule has 2 heteroatoms. The fourth-order valence-electron chi connectivity index (χ4n) is 0.819. The molecule has 0 aliphatic heterocycles. The summed E-state index contributed by atoms with van der Waals surface area (Å²) in [6, 6.07) is 3.99. The third-order valence-electron chi connectivity index (χ3n) is 1.37. The zero-order valence-electron chi connectivity index (χ0n) is 6.46. The van der Waals surface area contributed by atoms with Gasteiger partial charge in [0.2, 0.25) is 0 Å². The molecule has 0 spiro atoms. The van der Waals surface area contributed by atoms with E-state index in [0.717, 1.165) is 13.1 Å². The molecule has 2 nitrogen and oxygen atoms in total. The summed E-state index contributed by atoms with van der Waals surface area (Å²) < 4.78 is 0. The van der Waals surface area contributed by atoms with Crippen molar-refractivity contribution in [3.8, 4) is 0 Å². The Kier molecular flexibility index (Phi) is 3.35. The minimum absolute atomic E-state index is 0.850. The molecule has 0 bridgehead atoms. The molecule has 0 radical (unpaired) electrons. The van der Waals surface area contributed by atoms with E-state index in [1.165, 1.54) is 5.56 Å². The van der Waals surface area contributed by atoms with Gasteiger partial charge in [0.15, 0.2) is 0 Å². The van der Waals surface area contributed by atoms with Crippen molar-refractivity contribution >= 4 is 0 Å². The van der Waals surface area contributed by atoms with Gasteiger partial charge in [-0.1, -0.05) is 6.08 Å². The van der Waals surface area contributed by atoms with E-state index in [4.69, 9.17) is 0 Å². The van der Waals surface area contributed by atoms with Crippen molar-refractivity contribution in [3.05, 3.63) is 42.7 Å². The van der Waals surface area contributed by atoms with Crippen LogP contribution in [-0.4, -0.2) is 11.5 Å². The summed E-state index contributed by atoms with van der Waals surface area (Å²) in [4.78, 5) is 3.93. The smallest absolute Gasteiger partial charge is 0.0271 e. The fraction of sp³-hybridized carbons (Fsp3) is 0.222. The Morgan fingerprint density at radius 1 is 1.45 bits per heavy atom. The van der Waals surface area contributed by atoms with Crippen LogP contribution >= 0.6 is 0 Å². The van der Waals surface area contributed by atoms with Gasteiger partial charge in [-0.3, -0.25) is 4.98 Å². The van der Waals surface area contributed by atoms with Crippen molar-refractivity contribution < 1.29 is 0 Å². The van der Waals surface area contributed by atoms with Gasteiger partial charge in [0.25, 0.3) is 0 Å². The summed E-state index contributed by atoms with van der Waals surface area (Å²) >= 11 is 0. The van der Waals surface area contributed by atoms with Crippen LogP contribution in [0, 0.1) is 0 Å². The first-order valence-electron chi connectivity index (χ1n) is 3.64. The maximum Gasteiger partial charge on any atom is 0.0271 e. The summed E-state index contributed by atoms with van der Waals surface area (Å²) in [5.41, 5.74) is 1.25. The van der Waals surface area contributed by atoms with Crippen LogP contribution < -0.4 is 5.32 Å². The molecule has 58 valence electrons. The first-order valence-corrected chi connectivity index (χ1v) is 3.64. The van der Waals surface area contributed by atoms with Crippen LogP contribution in [0.5, 0.6) is 0 Å². The van der Waals surface area contributed by atoms with Gasteiger partial charge in [-0.25, -0.2) is 0 Å². The summed E-state index contributed by atoms with van der Waals surface area (Å²) in [7, 11) is 0. The number of aromatic nitrogens is 1. The van der Waals surface area contributed by atoms with Gasteiger partial charge < -0.3 is 5.32 Å². The average molecular weight is 148 g/mol. The van der Waals surface area contributed by atoms with Crippen LogP contribution in [-0.2, 0) is 6.54 Å². The van der Waals surface area contributed by atoms with E-state index in [2.05, 4.69) is 16.9 Å². The molecule has 1 aromatic heterocycles. The molecular formula is C9H12N2. The Morgan fingerprint density at radius 3 is 2.82 bits per heavy atom. The number of hydrogen-bond acceptors (Lipinski definition) is 2. The van der Waals surface area contributed by atoms with Gasteiger partial charge in [-0.15, -0.1) is 6.58 Å². The predicted molar refractivity (Wildman–Crippen MR) is 46.1 cm³/mol. The number of hydrogen-bond donors (Lipinski definition) is 1. The monoisotopic (exact) mass is 148 g/mol. The molecule has 1 rings (SSSR count). The highest BCUT2D eigenvalue weighted by Gasteiger charge is 1.87. The molecule has 11 heavy (non-hydrogen) atoms. The Labute approximate surface area is 67.0 Å². The quantitative estimate of drug-likeness (QED) is 0.515. The maximum atomic E-state index is 3.93. The Hall–Kier alpha value is -1.15. The number of nitrogens with zero attached hydrogens (tertiary/aromatic N) is 1. The largest absolute Gasteiger partial charge is 0.309 e. The number of nitrogens with one attached hydrogen (secondary N) is 1. The molecule has 1 heterocycles. The van der Waals surface area contributed by atoms with E-state index in [1.54, 1.807) is 12.4 Å². The lowest BCUT2D eigenvalue weighted by Crippen LogP contribution is -2.12. The molecule has 0 fully saturated rings. The molecule has 0 atom stereocenters. The van der Waals surface area contributed by atoms with Crippen molar-refractivity contribution in [1.82, 2.24) is 10.3 Å². The fourth-order valence-corrected chi connectivity index (χ4v) is 0.819. The van der Waals surface area contributed by atoms with Gasteiger partial charge in [-0.2, -0.15) is 0 Å². The lowest BCUT2D eigenvalue weighted by Gasteiger charge is -1.99. The lowest BCUT2D eigenvalue weighted by atomic mass is 10.3. The van der Waals surface area contributed by atoms with Gasteiger partial charge in [-0.05, 0) is 17.7 Å². The second-order valence-corrected chi connectivity index (χ2v) is 2.28. The molecule has 0 saturated heterocycles. The molecular weight excluding hydrogens is 136 g/mol. The summed E-state index contributed by atoms with van der Waals surface area (Å²) in [5.74, 6) is 0. The second kappa shape index (κ2) is 4.63. The van der Waals surface area contributed by atoms with Crippen molar-refractivity contribution in [3.63, 3.8) is 0 Å². The zero-order chi connectivity index (χ0) is 7.94. The van der Waals surface area contributed by atoms with E-state index in [9.17, 15) is 0 Å². The Balaban J connectivity index is 2.33. The molecule has 0 aliphatic rings. The normalized spacial score (nSPS) is 9.45. The van der Waals surface area contributed by atoms with E-state index in [-0.39, 0.29) is 0 Å². The van der Waals surface area contributed by atoms with Crippen molar-refractivity contribution in [2.24, 2.45) is 0 Å². The molecule has 0 aromatic carbocycles. The molecule has 1 N–H and O–H groups in total. The van der Waals surface area contributed by atoms with E-state index >= 15 is 0 Å². The van der Waals surface area contributed by atoms with E-state index in [0.29, 0.717) is 0 Å². The molecule has 0 saturated carbocycles. The number of pyridine rings is 1. The summed E-state index contributed by atoms with van der Waals surface area (Å²) in [6.07, 6.45) is 5.44. The highest BCUT2D eigenvalue weighted by atomic mass is 14.8. The van der Waals surface area contributed by atoms with Crippen molar-refractivity contribution in [2.75, 3.05) is 6.54 Å². The third kappa shape index (κ3) is 2.96. The van der Waals surface area contributed by atoms with Gasteiger partial charge >= 0.3 is 0 Å². The van der Waals surface area contributed by atoms with Gasteiger partial charge in [0.05, 0.1) is 0 Å². The highest BCUT2D eigenvalue weighted by Crippen LogP contribution is 1.93. The lowest BCUT2D eigenvalue weighted by molar-refractivity contribution is 0.759. The molecule has 0 aliphatic carbocycles. The van der Waals surface area contributed by atoms with Crippen LogP contribution in [0.4, 0.5) is 0 Å². The van der Waals surface area contributed by atoms with Crippen molar-refractivity contribution in [1.29, 1.82) is 0 Å². The highest BCUT2D eigenvalue weighted by molar-refractivity contribution is 5.09. The van der Waals surface area contributed by atoms with Crippen LogP contribution in [0.2, 0.25) is 0 Å². The van der Waals surface area contributed by atoms with E-state index < -0.39 is 0 Å². The standard InChI is InChI=1S/C9H12N2/c1-2-5-11-8-9-3-6-10-7-4-9/h2-4,6-7,11H,1,5,8H2. The minimum atomic E-state index is 0.850. The number of rotatable bonds is 4. The van der Waals surface area contributed by atoms with Crippen LogP contribution in [0.15, 0.2) is 37.2 Å². The average Bonchev–Trinajstić information content (AvgIpc) is 2.07. The van der Waals surface area contributed by atoms with Crippen LogP contribution in [0.1, 0.15) is 5.56 Å². The third-order valence-corrected chi connectivity index (χ3v) is 1.37. The van der Waals surface area contributed by atoms with E-state index in [1.807, 2.05) is 18.2 Å².